The lowest BCUT2D eigenvalue weighted by atomic mass is 10.2. The van der Waals surface area contributed by atoms with Gasteiger partial charge < -0.3 is 53.3 Å². The van der Waals surface area contributed by atoms with E-state index in [2.05, 4.69) is 10.6 Å². The van der Waals surface area contributed by atoms with Crippen LogP contribution in [0.15, 0.2) is 54.6 Å². The molecule has 2 amide bonds. The summed E-state index contributed by atoms with van der Waals surface area (Å²) in [6.45, 7) is 8.96. The molecule has 0 atom stereocenters. The van der Waals surface area contributed by atoms with Crippen molar-refractivity contribution in [1.29, 1.82) is 0 Å². The Hall–Kier alpha value is -3.30. The van der Waals surface area contributed by atoms with E-state index >= 15 is 0 Å². The summed E-state index contributed by atoms with van der Waals surface area (Å²) in [5.74, 6) is 0.601. The minimum absolute atomic E-state index is 0.111. The van der Waals surface area contributed by atoms with Gasteiger partial charge in [0.2, 0.25) is 5.91 Å². The van der Waals surface area contributed by atoms with E-state index in [4.69, 9.17) is 42.6 Å². The van der Waals surface area contributed by atoms with Crippen LogP contribution in [0.2, 0.25) is 0 Å². The summed E-state index contributed by atoms with van der Waals surface area (Å²) in [6.07, 6.45) is -0.472. The first-order chi connectivity index (χ1) is 22.1. The third-order valence-corrected chi connectivity index (χ3v) is 5.63. The molecule has 0 heterocycles. The first-order valence-corrected chi connectivity index (χ1v) is 15.1. The number of hydrogen-bond acceptors (Lipinski definition) is 11. The highest BCUT2D eigenvalue weighted by Crippen LogP contribution is 2.15. The van der Waals surface area contributed by atoms with Gasteiger partial charge in [-0.3, -0.25) is 4.79 Å². The molecule has 0 bridgehead atoms. The normalized spacial score (nSPS) is 10.9. The Morgan fingerprint density at radius 2 is 1.00 bits per heavy atom. The molecular weight excluding hydrogens is 588 g/mol. The highest BCUT2D eigenvalue weighted by Gasteiger charge is 2.02. The van der Waals surface area contributed by atoms with E-state index in [1.165, 1.54) is 6.92 Å². The second-order valence-corrected chi connectivity index (χ2v) is 9.33. The number of carbonyl (C=O) groups is 2. The van der Waals surface area contributed by atoms with Crippen molar-refractivity contribution in [3.8, 4) is 5.75 Å². The lowest BCUT2D eigenvalue weighted by molar-refractivity contribution is -0.114. The van der Waals surface area contributed by atoms with Crippen molar-refractivity contribution < 1.29 is 52.2 Å². The number of alkyl carbamates (subject to hydrolysis) is 1. The van der Waals surface area contributed by atoms with E-state index in [0.717, 1.165) is 11.3 Å². The number of ether oxygens (including phenoxy) is 9. The molecule has 0 radical (unpaired) electrons. The maximum absolute atomic E-state index is 11.6. The predicted octanol–water partition coefficient (Wildman–Crippen LogP) is 3.07. The van der Waals surface area contributed by atoms with Crippen LogP contribution in [0.4, 0.5) is 10.5 Å². The molecular formula is C32H48N2O11. The largest absolute Gasteiger partial charge is 0.491 e. The van der Waals surface area contributed by atoms with Gasteiger partial charge in [0, 0.05) is 19.2 Å². The monoisotopic (exact) mass is 636 g/mol. The Bertz CT molecular complexity index is 996. The highest BCUT2D eigenvalue weighted by molar-refractivity contribution is 5.88. The van der Waals surface area contributed by atoms with Crippen molar-refractivity contribution in [2.75, 3.05) is 111 Å². The smallest absolute Gasteiger partial charge is 0.407 e. The lowest BCUT2D eigenvalue weighted by Crippen LogP contribution is -2.28. The number of hydrogen-bond donors (Lipinski definition) is 2. The average molecular weight is 637 g/mol. The van der Waals surface area contributed by atoms with Gasteiger partial charge >= 0.3 is 6.09 Å². The van der Waals surface area contributed by atoms with Crippen LogP contribution < -0.4 is 15.4 Å². The van der Waals surface area contributed by atoms with Gasteiger partial charge in [-0.25, -0.2) is 4.79 Å². The van der Waals surface area contributed by atoms with Crippen LogP contribution in [0.5, 0.6) is 5.75 Å². The van der Waals surface area contributed by atoms with Crippen molar-refractivity contribution in [2.45, 2.75) is 13.5 Å². The highest BCUT2D eigenvalue weighted by atomic mass is 16.6. The van der Waals surface area contributed by atoms with Crippen LogP contribution in [0.25, 0.3) is 0 Å². The number of anilines is 1. The molecule has 0 aliphatic rings. The lowest BCUT2D eigenvalue weighted by Gasteiger charge is -2.09. The molecule has 0 fully saturated rings. The Kier molecular flexibility index (Phi) is 22.8. The fraction of sp³-hybridized carbons (Fsp3) is 0.562. The summed E-state index contributed by atoms with van der Waals surface area (Å²) in [5, 5.41) is 5.34. The Balaban J connectivity index is 1.20. The number of carbonyl (C=O) groups excluding carboxylic acids is 2. The molecule has 0 aliphatic carbocycles. The second kappa shape index (κ2) is 27.0. The summed E-state index contributed by atoms with van der Waals surface area (Å²) in [6, 6.07) is 16.7. The summed E-state index contributed by atoms with van der Waals surface area (Å²) in [5.41, 5.74) is 1.66. The molecule has 2 rings (SSSR count). The van der Waals surface area contributed by atoms with E-state index in [-0.39, 0.29) is 12.5 Å². The summed E-state index contributed by atoms with van der Waals surface area (Å²) in [4.78, 5) is 22.7. The first-order valence-electron chi connectivity index (χ1n) is 15.1. The van der Waals surface area contributed by atoms with Crippen molar-refractivity contribution in [2.24, 2.45) is 0 Å². The molecule has 252 valence electrons. The van der Waals surface area contributed by atoms with Gasteiger partial charge in [0.05, 0.1) is 92.5 Å². The quantitative estimate of drug-likeness (QED) is 0.133. The number of nitrogens with one attached hydrogen (secondary N) is 2. The van der Waals surface area contributed by atoms with Crippen molar-refractivity contribution in [3.63, 3.8) is 0 Å². The molecule has 45 heavy (non-hydrogen) atoms. The van der Waals surface area contributed by atoms with Gasteiger partial charge in [-0.1, -0.05) is 30.3 Å². The third kappa shape index (κ3) is 22.8. The summed E-state index contributed by atoms with van der Waals surface area (Å²) < 4.78 is 48.9. The van der Waals surface area contributed by atoms with Crippen LogP contribution >= 0.6 is 0 Å². The van der Waals surface area contributed by atoms with Crippen molar-refractivity contribution in [1.82, 2.24) is 5.32 Å². The summed E-state index contributed by atoms with van der Waals surface area (Å²) in [7, 11) is 0. The molecule has 0 spiro atoms. The van der Waals surface area contributed by atoms with Gasteiger partial charge in [-0.05, 0) is 29.8 Å². The van der Waals surface area contributed by atoms with E-state index in [9.17, 15) is 9.59 Å². The molecule has 0 saturated heterocycles. The Morgan fingerprint density at radius 3 is 1.47 bits per heavy atom. The maximum Gasteiger partial charge on any atom is 0.407 e. The fourth-order valence-corrected chi connectivity index (χ4v) is 3.48. The topological polar surface area (TPSA) is 141 Å². The van der Waals surface area contributed by atoms with Gasteiger partial charge in [-0.15, -0.1) is 0 Å². The van der Waals surface area contributed by atoms with Gasteiger partial charge in [-0.2, -0.15) is 0 Å². The van der Waals surface area contributed by atoms with Crippen molar-refractivity contribution in [3.05, 3.63) is 60.2 Å². The maximum atomic E-state index is 11.6. The zero-order valence-corrected chi connectivity index (χ0v) is 26.2. The van der Waals surface area contributed by atoms with E-state index < -0.39 is 6.09 Å². The molecule has 0 aromatic heterocycles. The minimum Gasteiger partial charge on any atom is -0.491 e. The fourth-order valence-electron chi connectivity index (χ4n) is 3.48. The van der Waals surface area contributed by atoms with Gasteiger partial charge in [0.1, 0.15) is 19.0 Å². The average Bonchev–Trinajstić information content (AvgIpc) is 3.04. The molecule has 2 N–H and O–H groups in total. The molecule has 2 aromatic rings. The van der Waals surface area contributed by atoms with Gasteiger partial charge in [0.25, 0.3) is 0 Å². The SMILES string of the molecule is CC(=O)Nc1ccc(OCCOCCOCCOCCOCCOCCOCCOCCNC(=O)OCc2ccccc2)cc1. The molecule has 0 saturated carbocycles. The zero-order chi connectivity index (χ0) is 32.0. The molecule has 2 aromatic carbocycles. The van der Waals surface area contributed by atoms with E-state index in [1.807, 2.05) is 30.3 Å². The standard InChI is InChI=1S/C32H48N2O11/c1-28(35)34-30-7-9-31(10-8-30)44-26-25-43-24-23-42-22-21-41-20-19-40-18-17-39-16-15-38-14-13-37-12-11-33-32(36)45-27-29-5-3-2-4-6-29/h2-10H,11-27H2,1H3,(H,33,36)(H,34,35). The van der Waals surface area contributed by atoms with Crippen LogP contribution in [0.1, 0.15) is 12.5 Å². The zero-order valence-electron chi connectivity index (χ0n) is 26.2. The van der Waals surface area contributed by atoms with Crippen LogP contribution in [-0.2, 0) is 49.3 Å². The Morgan fingerprint density at radius 1 is 0.556 bits per heavy atom. The number of benzene rings is 2. The van der Waals surface area contributed by atoms with Crippen LogP contribution in [-0.4, -0.2) is 118 Å². The van der Waals surface area contributed by atoms with Crippen LogP contribution in [0, 0.1) is 0 Å². The predicted molar refractivity (Wildman–Crippen MR) is 167 cm³/mol. The summed E-state index contributed by atoms with van der Waals surface area (Å²) >= 11 is 0. The van der Waals surface area contributed by atoms with Gasteiger partial charge in [0.15, 0.2) is 0 Å². The van der Waals surface area contributed by atoms with E-state index in [1.54, 1.807) is 24.3 Å². The minimum atomic E-state index is -0.472. The Labute approximate surface area is 265 Å². The number of rotatable bonds is 28. The molecule has 0 aliphatic heterocycles. The molecule has 13 nitrogen and oxygen atoms in total. The third-order valence-electron chi connectivity index (χ3n) is 5.63. The van der Waals surface area contributed by atoms with Crippen LogP contribution in [0.3, 0.4) is 0 Å². The first kappa shape index (κ1) is 37.9. The molecule has 13 heteroatoms. The number of amides is 2. The second-order valence-electron chi connectivity index (χ2n) is 9.33. The molecule has 0 unspecified atom stereocenters. The van der Waals surface area contributed by atoms with E-state index in [0.29, 0.717) is 111 Å². The van der Waals surface area contributed by atoms with Crippen molar-refractivity contribution >= 4 is 17.7 Å².